The first-order chi connectivity index (χ1) is 14.8. The fourth-order valence-electron chi connectivity index (χ4n) is 3.71. The number of para-hydroxylation sites is 2. The van der Waals surface area contributed by atoms with E-state index in [9.17, 15) is 4.79 Å². The van der Waals surface area contributed by atoms with Crippen molar-refractivity contribution in [1.82, 2.24) is 40.2 Å². The Kier molecular flexibility index (Phi) is 4.80. The lowest BCUT2D eigenvalue weighted by Crippen LogP contribution is -2.40. The molecule has 0 saturated carbocycles. The van der Waals surface area contributed by atoms with Crippen LogP contribution in [0.4, 0.5) is 5.82 Å². The van der Waals surface area contributed by atoms with E-state index in [1.54, 1.807) is 11.0 Å². The first kappa shape index (κ1) is 18.2. The van der Waals surface area contributed by atoms with Gasteiger partial charge in [0, 0.05) is 19.0 Å². The molecule has 1 fully saturated rings. The number of rotatable bonds is 5. The first-order valence-electron chi connectivity index (χ1n) is 9.91. The van der Waals surface area contributed by atoms with Crippen LogP contribution >= 0.6 is 0 Å². The quantitative estimate of drug-likeness (QED) is 0.518. The van der Waals surface area contributed by atoms with E-state index in [-0.39, 0.29) is 11.8 Å². The minimum Gasteiger partial charge on any atom is -0.355 e. The molecule has 1 aliphatic rings. The number of piperidine rings is 1. The Morgan fingerprint density at radius 1 is 1.10 bits per heavy atom. The predicted octanol–water partition coefficient (Wildman–Crippen LogP) is 1.47. The van der Waals surface area contributed by atoms with Crippen LogP contribution in [0.3, 0.4) is 0 Å². The van der Waals surface area contributed by atoms with Crippen LogP contribution in [0.1, 0.15) is 18.7 Å². The van der Waals surface area contributed by atoms with Crippen LogP contribution in [-0.4, -0.2) is 53.9 Å². The first-order valence-corrected chi connectivity index (χ1v) is 9.91. The second kappa shape index (κ2) is 7.90. The number of hydrogen-bond donors (Lipinski definition) is 2. The van der Waals surface area contributed by atoms with Gasteiger partial charge in [-0.3, -0.25) is 4.79 Å². The Morgan fingerprint density at radius 2 is 1.90 bits per heavy atom. The number of anilines is 1. The Bertz CT molecular complexity index is 1100. The Morgan fingerprint density at radius 3 is 2.63 bits per heavy atom. The minimum absolute atomic E-state index is 0.00647. The lowest BCUT2D eigenvalue weighted by molar-refractivity contribution is -0.125. The molecule has 10 nitrogen and oxygen atoms in total. The highest BCUT2D eigenvalue weighted by atomic mass is 16.1. The topological polar surface area (TPSA) is 118 Å². The van der Waals surface area contributed by atoms with Gasteiger partial charge in [0.25, 0.3) is 0 Å². The number of carbonyl (C=O) groups excluding carboxylic acids is 1. The van der Waals surface area contributed by atoms with Crippen LogP contribution in [0.25, 0.3) is 16.9 Å². The third-order valence-corrected chi connectivity index (χ3v) is 5.35. The van der Waals surface area contributed by atoms with Gasteiger partial charge in [-0.15, -0.1) is 10.2 Å². The van der Waals surface area contributed by atoms with Crippen LogP contribution in [0.2, 0.25) is 0 Å². The zero-order valence-electron chi connectivity index (χ0n) is 16.3. The summed E-state index contributed by atoms with van der Waals surface area (Å²) in [5, 5.41) is 15.6. The van der Waals surface area contributed by atoms with Gasteiger partial charge in [-0.05, 0) is 37.1 Å². The number of hydrogen-bond acceptors (Lipinski definition) is 7. The van der Waals surface area contributed by atoms with Crippen LogP contribution in [0.15, 0.2) is 49.1 Å². The van der Waals surface area contributed by atoms with Gasteiger partial charge in [0.2, 0.25) is 5.91 Å². The molecule has 2 N–H and O–H groups in total. The van der Waals surface area contributed by atoms with Crippen LogP contribution < -0.4 is 10.2 Å². The summed E-state index contributed by atoms with van der Waals surface area (Å²) in [6.07, 6.45) is 4.59. The fourth-order valence-corrected chi connectivity index (χ4v) is 3.71. The smallest absolute Gasteiger partial charge is 0.223 e. The fraction of sp³-hybridized carbons (Fsp3) is 0.300. The van der Waals surface area contributed by atoms with Gasteiger partial charge in [0.1, 0.15) is 18.5 Å². The second-order valence-corrected chi connectivity index (χ2v) is 7.27. The Hall–Kier alpha value is -3.82. The molecule has 3 aromatic heterocycles. The number of imidazole rings is 1. The molecule has 1 aliphatic heterocycles. The maximum Gasteiger partial charge on any atom is 0.223 e. The van der Waals surface area contributed by atoms with Crippen molar-refractivity contribution < 1.29 is 4.79 Å². The lowest BCUT2D eigenvalue weighted by Gasteiger charge is -2.31. The van der Waals surface area contributed by atoms with Crippen molar-refractivity contribution in [3.63, 3.8) is 0 Å². The van der Waals surface area contributed by atoms with Crippen molar-refractivity contribution in [3.05, 3.63) is 54.9 Å². The van der Waals surface area contributed by atoms with E-state index in [1.165, 1.54) is 6.33 Å². The maximum atomic E-state index is 12.6. The van der Waals surface area contributed by atoms with Gasteiger partial charge in [0.05, 0.1) is 17.6 Å². The molecule has 152 valence electrons. The van der Waals surface area contributed by atoms with Crippen molar-refractivity contribution in [2.45, 2.75) is 19.4 Å². The van der Waals surface area contributed by atoms with E-state index in [0.717, 1.165) is 48.6 Å². The van der Waals surface area contributed by atoms with E-state index >= 15 is 0 Å². The average molecular weight is 403 g/mol. The summed E-state index contributed by atoms with van der Waals surface area (Å²) in [5.74, 6) is 2.26. The molecule has 1 amide bonds. The number of aromatic nitrogens is 7. The minimum atomic E-state index is -0.00647. The number of nitrogens with one attached hydrogen (secondary N) is 2. The van der Waals surface area contributed by atoms with Gasteiger partial charge in [-0.25, -0.2) is 14.6 Å². The molecule has 0 bridgehead atoms. The molecule has 1 aromatic carbocycles. The normalized spacial score (nSPS) is 14.9. The van der Waals surface area contributed by atoms with Gasteiger partial charge in [-0.1, -0.05) is 12.1 Å². The van der Waals surface area contributed by atoms with E-state index in [1.807, 2.05) is 36.4 Å². The van der Waals surface area contributed by atoms with Crippen molar-refractivity contribution in [3.8, 4) is 5.82 Å². The summed E-state index contributed by atoms with van der Waals surface area (Å²) < 4.78 is 1.56. The number of H-pyrrole nitrogens is 1. The van der Waals surface area contributed by atoms with Crippen LogP contribution in [0.5, 0.6) is 0 Å². The molecule has 0 spiro atoms. The summed E-state index contributed by atoms with van der Waals surface area (Å²) in [6, 6.07) is 11.6. The average Bonchev–Trinajstić information content (AvgIpc) is 3.47. The summed E-state index contributed by atoms with van der Waals surface area (Å²) in [5.41, 5.74) is 1.89. The van der Waals surface area contributed by atoms with E-state index in [2.05, 4.69) is 40.5 Å². The molecule has 4 heterocycles. The Balaban J connectivity index is 1.14. The van der Waals surface area contributed by atoms with Crippen molar-refractivity contribution in [1.29, 1.82) is 0 Å². The van der Waals surface area contributed by atoms with Gasteiger partial charge < -0.3 is 15.2 Å². The van der Waals surface area contributed by atoms with Crippen LogP contribution in [0, 0.1) is 5.92 Å². The van der Waals surface area contributed by atoms with E-state index in [0.29, 0.717) is 12.4 Å². The predicted molar refractivity (Wildman–Crippen MR) is 110 cm³/mol. The molecular weight excluding hydrogens is 382 g/mol. The molecule has 4 aromatic rings. The number of aromatic amines is 1. The summed E-state index contributed by atoms with van der Waals surface area (Å²) in [7, 11) is 0. The van der Waals surface area contributed by atoms with Crippen molar-refractivity contribution >= 4 is 22.8 Å². The highest BCUT2D eigenvalue weighted by Gasteiger charge is 2.25. The molecular formula is C20H21N9O. The molecule has 1 saturated heterocycles. The molecule has 0 atom stereocenters. The number of benzene rings is 1. The van der Waals surface area contributed by atoms with Gasteiger partial charge in [-0.2, -0.15) is 5.10 Å². The van der Waals surface area contributed by atoms with E-state index in [4.69, 9.17) is 0 Å². The molecule has 30 heavy (non-hydrogen) atoms. The standard InChI is InChI=1S/C20H21N9O/c30-20(22-11-17-24-15-3-1-2-4-16(15)25-17)14-7-9-28(10-8-14)18-5-6-19(27-26-18)29-13-21-12-23-29/h1-6,12-14H,7-11H2,(H,22,30)(H,24,25). The van der Waals surface area contributed by atoms with E-state index < -0.39 is 0 Å². The third-order valence-electron chi connectivity index (χ3n) is 5.35. The number of carbonyl (C=O) groups is 1. The highest BCUT2D eigenvalue weighted by Crippen LogP contribution is 2.22. The number of nitrogens with zero attached hydrogens (tertiary/aromatic N) is 7. The molecule has 0 radical (unpaired) electrons. The Labute approximate surface area is 172 Å². The highest BCUT2D eigenvalue weighted by molar-refractivity contribution is 5.79. The summed E-state index contributed by atoms with van der Waals surface area (Å²) in [4.78, 5) is 26.4. The summed E-state index contributed by atoms with van der Waals surface area (Å²) in [6.45, 7) is 1.93. The summed E-state index contributed by atoms with van der Waals surface area (Å²) >= 11 is 0. The van der Waals surface area contributed by atoms with Crippen molar-refractivity contribution in [2.24, 2.45) is 5.92 Å². The van der Waals surface area contributed by atoms with Crippen LogP contribution in [-0.2, 0) is 11.3 Å². The van der Waals surface area contributed by atoms with Gasteiger partial charge >= 0.3 is 0 Å². The van der Waals surface area contributed by atoms with Gasteiger partial charge in [0.15, 0.2) is 11.6 Å². The molecule has 5 rings (SSSR count). The zero-order chi connectivity index (χ0) is 20.3. The molecule has 0 unspecified atom stereocenters. The maximum absolute atomic E-state index is 12.6. The van der Waals surface area contributed by atoms with Crippen molar-refractivity contribution in [2.75, 3.05) is 18.0 Å². The monoisotopic (exact) mass is 403 g/mol. The molecule has 10 heteroatoms. The second-order valence-electron chi connectivity index (χ2n) is 7.27. The number of fused-ring (bicyclic) bond motifs is 1. The largest absolute Gasteiger partial charge is 0.355 e. The lowest BCUT2D eigenvalue weighted by atomic mass is 9.96. The number of amides is 1. The third kappa shape index (κ3) is 3.71. The molecule has 0 aliphatic carbocycles. The SMILES string of the molecule is O=C(NCc1nc2ccccc2[nH]1)C1CCN(c2ccc(-n3cncn3)nn2)CC1. The zero-order valence-corrected chi connectivity index (χ0v) is 16.3.